The van der Waals surface area contributed by atoms with Gasteiger partial charge in [-0.3, -0.25) is 9.80 Å². The summed E-state index contributed by atoms with van der Waals surface area (Å²) < 4.78 is 18.3. The van der Waals surface area contributed by atoms with Crippen molar-refractivity contribution < 1.29 is 13.9 Å². The van der Waals surface area contributed by atoms with Gasteiger partial charge in [-0.15, -0.1) is 5.10 Å². The molecular formula is C26H31N7O3. The molecule has 0 atom stereocenters. The highest BCUT2D eigenvalue weighted by molar-refractivity contribution is 5.58. The molecular weight excluding hydrogens is 458 g/mol. The molecule has 0 saturated carbocycles. The second-order valence-electron chi connectivity index (χ2n) is 9.23. The van der Waals surface area contributed by atoms with Crippen LogP contribution in [0.3, 0.4) is 0 Å². The van der Waals surface area contributed by atoms with Crippen molar-refractivity contribution >= 4 is 11.6 Å². The molecule has 1 fully saturated rings. The van der Waals surface area contributed by atoms with Gasteiger partial charge in [-0.25, -0.2) is 9.97 Å². The van der Waals surface area contributed by atoms with Crippen molar-refractivity contribution in [3.8, 4) is 17.3 Å². The lowest BCUT2D eigenvalue weighted by Gasteiger charge is -2.29. The number of hydrogen-bond acceptors (Lipinski definition) is 9. The number of rotatable bonds is 8. The average molecular weight is 490 g/mol. The van der Waals surface area contributed by atoms with Crippen LogP contribution < -0.4 is 10.1 Å². The van der Waals surface area contributed by atoms with E-state index in [9.17, 15) is 0 Å². The van der Waals surface area contributed by atoms with Gasteiger partial charge in [0, 0.05) is 57.6 Å². The van der Waals surface area contributed by atoms with Gasteiger partial charge in [0.2, 0.25) is 11.8 Å². The van der Waals surface area contributed by atoms with E-state index in [1.54, 1.807) is 13.4 Å². The van der Waals surface area contributed by atoms with Crippen molar-refractivity contribution in [2.24, 2.45) is 0 Å². The molecule has 188 valence electrons. The van der Waals surface area contributed by atoms with E-state index in [4.69, 9.17) is 29.0 Å². The molecule has 0 amide bonds. The molecule has 1 saturated heterocycles. The fourth-order valence-electron chi connectivity index (χ4n) is 4.91. The summed E-state index contributed by atoms with van der Waals surface area (Å²) in [6.45, 7) is 7.76. The van der Waals surface area contributed by atoms with Crippen LogP contribution >= 0.6 is 0 Å². The van der Waals surface area contributed by atoms with Crippen LogP contribution in [0.25, 0.3) is 17.2 Å². The highest BCUT2D eigenvalue weighted by Gasteiger charge is 2.21. The molecule has 10 nitrogen and oxygen atoms in total. The summed E-state index contributed by atoms with van der Waals surface area (Å²) in [6.07, 6.45) is 4.57. The minimum absolute atomic E-state index is 0.555. The minimum atomic E-state index is 0.555. The number of nitrogens with zero attached hydrogens (tertiary/aromatic N) is 6. The van der Waals surface area contributed by atoms with Crippen LogP contribution in [-0.4, -0.2) is 82.4 Å². The number of hydrogen-bond donors (Lipinski definition) is 1. The van der Waals surface area contributed by atoms with Crippen LogP contribution in [-0.2, 0) is 24.2 Å². The van der Waals surface area contributed by atoms with Crippen LogP contribution in [0.5, 0.6) is 5.75 Å². The molecule has 36 heavy (non-hydrogen) atoms. The van der Waals surface area contributed by atoms with Gasteiger partial charge >= 0.3 is 0 Å². The SMILES string of the molecule is COc1ccc2c(c1)CN(Cc1cnc(NCCN3CCOCC3)n3nc(-c4ccco4)nc13)CC2. The van der Waals surface area contributed by atoms with Crippen molar-refractivity contribution in [3.05, 3.63) is 59.5 Å². The molecule has 6 rings (SSSR count). The molecule has 1 aromatic carbocycles. The molecule has 5 heterocycles. The maximum absolute atomic E-state index is 5.58. The van der Waals surface area contributed by atoms with Crippen LogP contribution in [0.15, 0.2) is 47.2 Å². The van der Waals surface area contributed by atoms with E-state index in [1.807, 2.05) is 28.9 Å². The molecule has 0 bridgehead atoms. The van der Waals surface area contributed by atoms with Crippen molar-refractivity contribution in [2.75, 3.05) is 58.4 Å². The van der Waals surface area contributed by atoms with E-state index in [-0.39, 0.29) is 0 Å². The maximum atomic E-state index is 5.58. The number of fused-ring (bicyclic) bond motifs is 2. The molecule has 4 aromatic rings. The summed E-state index contributed by atoms with van der Waals surface area (Å²) in [6, 6.07) is 10.1. The second kappa shape index (κ2) is 10.3. The molecule has 2 aliphatic heterocycles. The van der Waals surface area contributed by atoms with Crippen LogP contribution in [0.1, 0.15) is 16.7 Å². The lowest BCUT2D eigenvalue weighted by molar-refractivity contribution is 0.0398. The topological polar surface area (TPSA) is 93.2 Å². The van der Waals surface area contributed by atoms with E-state index in [0.29, 0.717) is 17.5 Å². The van der Waals surface area contributed by atoms with Gasteiger partial charge in [0.15, 0.2) is 11.4 Å². The zero-order chi connectivity index (χ0) is 24.3. The summed E-state index contributed by atoms with van der Waals surface area (Å²) in [7, 11) is 1.71. The second-order valence-corrected chi connectivity index (χ2v) is 9.23. The number of nitrogens with one attached hydrogen (secondary N) is 1. The number of aromatic nitrogens is 4. The Morgan fingerprint density at radius 1 is 1.08 bits per heavy atom. The first-order valence-corrected chi connectivity index (χ1v) is 12.5. The molecule has 10 heteroatoms. The third kappa shape index (κ3) is 4.79. The van der Waals surface area contributed by atoms with Crippen molar-refractivity contribution in [1.82, 2.24) is 29.4 Å². The number of benzene rings is 1. The van der Waals surface area contributed by atoms with E-state index in [2.05, 4.69) is 27.2 Å². The Kier molecular flexibility index (Phi) is 6.54. The fourth-order valence-corrected chi connectivity index (χ4v) is 4.91. The third-order valence-corrected chi connectivity index (χ3v) is 6.89. The van der Waals surface area contributed by atoms with E-state index < -0.39 is 0 Å². The lowest BCUT2D eigenvalue weighted by Crippen LogP contribution is -2.39. The monoisotopic (exact) mass is 489 g/mol. The molecule has 0 spiro atoms. The van der Waals surface area contributed by atoms with Crippen molar-refractivity contribution in [3.63, 3.8) is 0 Å². The standard InChI is InChI=1S/C26H31N7O3/c1-34-22-5-4-19-6-8-32(17-20(19)15-22)18-21-16-28-26(27-7-9-31-10-13-35-14-11-31)33-25(21)29-24(30-33)23-3-2-12-36-23/h2-5,12,15-16H,6-11,13-14,17-18H2,1H3,(H,27,28). The summed E-state index contributed by atoms with van der Waals surface area (Å²) in [4.78, 5) is 14.4. The minimum Gasteiger partial charge on any atom is -0.497 e. The largest absolute Gasteiger partial charge is 0.497 e. The molecule has 0 aliphatic carbocycles. The molecule has 0 unspecified atom stereocenters. The molecule has 0 radical (unpaired) electrons. The van der Waals surface area contributed by atoms with Crippen molar-refractivity contribution in [2.45, 2.75) is 19.5 Å². The number of anilines is 1. The van der Waals surface area contributed by atoms with Gasteiger partial charge in [-0.2, -0.15) is 4.52 Å². The third-order valence-electron chi connectivity index (χ3n) is 6.89. The number of methoxy groups -OCH3 is 1. The van der Waals surface area contributed by atoms with Crippen LogP contribution in [0.4, 0.5) is 5.95 Å². The van der Waals surface area contributed by atoms with E-state index in [1.165, 1.54) is 11.1 Å². The first-order chi connectivity index (χ1) is 17.8. The predicted octanol–water partition coefficient (Wildman–Crippen LogP) is 2.70. The number of furan rings is 1. The maximum Gasteiger partial charge on any atom is 0.225 e. The number of ether oxygens (including phenoxy) is 2. The Hall–Kier alpha value is -3.47. The van der Waals surface area contributed by atoms with Gasteiger partial charge in [-0.05, 0) is 41.8 Å². The molecule has 3 aromatic heterocycles. The zero-order valence-corrected chi connectivity index (χ0v) is 20.5. The van der Waals surface area contributed by atoms with Gasteiger partial charge in [0.1, 0.15) is 5.75 Å². The fraction of sp³-hybridized carbons (Fsp3) is 0.423. The summed E-state index contributed by atoms with van der Waals surface area (Å²) in [5.41, 5.74) is 4.52. The highest BCUT2D eigenvalue weighted by Crippen LogP contribution is 2.26. The summed E-state index contributed by atoms with van der Waals surface area (Å²) >= 11 is 0. The van der Waals surface area contributed by atoms with Crippen molar-refractivity contribution in [1.29, 1.82) is 0 Å². The van der Waals surface area contributed by atoms with Gasteiger partial charge in [-0.1, -0.05) is 6.07 Å². The summed E-state index contributed by atoms with van der Waals surface area (Å²) in [5, 5.41) is 8.21. The Balaban J connectivity index is 1.24. The predicted molar refractivity (Wildman–Crippen MR) is 135 cm³/mol. The normalized spacial score (nSPS) is 16.8. The highest BCUT2D eigenvalue weighted by atomic mass is 16.5. The lowest BCUT2D eigenvalue weighted by atomic mass is 9.99. The Morgan fingerprint density at radius 3 is 2.83 bits per heavy atom. The first kappa shape index (κ1) is 23.0. The van der Waals surface area contributed by atoms with Crippen LogP contribution in [0, 0.1) is 0 Å². The van der Waals surface area contributed by atoms with Gasteiger partial charge < -0.3 is 19.2 Å². The Morgan fingerprint density at radius 2 is 2.00 bits per heavy atom. The van der Waals surface area contributed by atoms with Crippen LogP contribution in [0.2, 0.25) is 0 Å². The molecule has 1 N–H and O–H groups in total. The average Bonchev–Trinajstić information content (AvgIpc) is 3.61. The quantitative estimate of drug-likeness (QED) is 0.401. The smallest absolute Gasteiger partial charge is 0.225 e. The van der Waals surface area contributed by atoms with Gasteiger partial charge in [0.25, 0.3) is 0 Å². The van der Waals surface area contributed by atoms with E-state index in [0.717, 1.165) is 82.4 Å². The summed E-state index contributed by atoms with van der Waals surface area (Å²) in [5.74, 6) is 2.77. The Labute approximate surface area is 209 Å². The number of morpholine rings is 1. The Bertz CT molecular complexity index is 1310. The van der Waals surface area contributed by atoms with E-state index >= 15 is 0 Å². The van der Waals surface area contributed by atoms with Gasteiger partial charge in [0.05, 0.1) is 26.6 Å². The zero-order valence-electron chi connectivity index (χ0n) is 20.5. The molecule has 2 aliphatic rings. The first-order valence-electron chi connectivity index (χ1n) is 12.5.